The molecule has 0 spiro atoms. The molecule has 4 rings (SSSR count). The van der Waals surface area contributed by atoms with E-state index in [4.69, 9.17) is 0 Å². The fraction of sp³-hybridized carbons (Fsp3) is 0.737. The van der Waals surface area contributed by atoms with Crippen molar-refractivity contribution < 1.29 is 4.79 Å². The molecule has 7 heteroatoms. The molecule has 2 N–H and O–H groups in total. The molecule has 0 unspecified atom stereocenters. The summed E-state index contributed by atoms with van der Waals surface area (Å²) in [5, 5.41) is 6.26. The Morgan fingerprint density at radius 2 is 1.73 bits per heavy atom. The maximum absolute atomic E-state index is 12.1. The van der Waals surface area contributed by atoms with E-state index >= 15 is 0 Å². The van der Waals surface area contributed by atoms with Gasteiger partial charge in [-0.2, -0.15) is 0 Å². The summed E-state index contributed by atoms with van der Waals surface area (Å²) >= 11 is 0. The molecule has 3 aliphatic rings. The summed E-state index contributed by atoms with van der Waals surface area (Å²) in [5.41, 5.74) is 0. The van der Waals surface area contributed by atoms with Gasteiger partial charge in [-0.05, 0) is 56.6 Å². The standard InChI is InChI=1S/C19H30N6O/c26-19(23-17(15-3-4-15)16-5-6-16)22-9-2-10-24-11-13-25(14-12-24)18-20-7-1-8-21-18/h1,7-8,15-17H,2-6,9-14H2,(H2,22,23,26). The third-order valence-electron chi connectivity index (χ3n) is 5.70. The number of carbonyl (C=O) groups is 1. The van der Waals surface area contributed by atoms with Crippen LogP contribution in [0, 0.1) is 11.8 Å². The summed E-state index contributed by atoms with van der Waals surface area (Å²) in [4.78, 5) is 25.4. The first-order valence-electron chi connectivity index (χ1n) is 10.1. The lowest BCUT2D eigenvalue weighted by Crippen LogP contribution is -2.48. The van der Waals surface area contributed by atoms with E-state index in [0.29, 0.717) is 6.04 Å². The normalized spacial score (nSPS) is 21.0. The molecule has 2 saturated carbocycles. The van der Waals surface area contributed by atoms with Crippen molar-refractivity contribution >= 4 is 12.0 Å². The molecule has 3 fully saturated rings. The number of carbonyl (C=O) groups excluding carboxylic acids is 1. The Kier molecular flexibility index (Phi) is 5.53. The van der Waals surface area contributed by atoms with E-state index in [1.165, 1.54) is 25.7 Å². The highest BCUT2D eigenvalue weighted by atomic mass is 16.2. The van der Waals surface area contributed by atoms with Crippen LogP contribution in [-0.4, -0.2) is 66.2 Å². The fourth-order valence-corrected chi connectivity index (χ4v) is 3.86. The fourth-order valence-electron chi connectivity index (χ4n) is 3.86. The number of piperazine rings is 1. The van der Waals surface area contributed by atoms with Crippen molar-refractivity contribution in [3.63, 3.8) is 0 Å². The third-order valence-corrected chi connectivity index (χ3v) is 5.70. The quantitative estimate of drug-likeness (QED) is 0.689. The van der Waals surface area contributed by atoms with Crippen LogP contribution >= 0.6 is 0 Å². The van der Waals surface area contributed by atoms with Crippen molar-refractivity contribution in [3.8, 4) is 0 Å². The number of hydrogen-bond acceptors (Lipinski definition) is 5. The average molecular weight is 358 g/mol. The van der Waals surface area contributed by atoms with Crippen LogP contribution in [0.1, 0.15) is 32.1 Å². The molecular formula is C19H30N6O. The van der Waals surface area contributed by atoms with Gasteiger partial charge in [0.25, 0.3) is 0 Å². The van der Waals surface area contributed by atoms with Gasteiger partial charge >= 0.3 is 6.03 Å². The molecule has 1 aromatic rings. The van der Waals surface area contributed by atoms with Gasteiger partial charge in [0.2, 0.25) is 5.95 Å². The maximum atomic E-state index is 12.1. The minimum atomic E-state index is 0.0276. The number of amides is 2. The number of rotatable bonds is 8. The van der Waals surface area contributed by atoms with Crippen molar-refractivity contribution in [2.45, 2.75) is 38.1 Å². The number of nitrogens with zero attached hydrogens (tertiary/aromatic N) is 4. The zero-order valence-corrected chi connectivity index (χ0v) is 15.4. The van der Waals surface area contributed by atoms with E-state index in [9.17, 15) is 4.79 Å². The van der Waals surface area contributed by atoms with Gasteiger partial charge in [0, 0.05) is 51.2 Å². The summed E-state index contributed by atoms with van der Waals surface area (Å²) in [5.74, 6) is 2.32. The molecule has 0 radical (unpaired) electrons. The zero-order chi connectivity index (χ0) is 17.8. The highest BCUT2D eigenvalue weighted by Crippen LogP contribution is 2.44. The largest absolute Gasteiger partial charge is 0.338 e. The van der Waals surface area contributed by atoms with Crippen LogP contribution in [0.25, 0.3) is 0 Å². The van der Waals surface area contributed by atoms with Crippen LogP contribution in [0.5, 0.6) is 0 Å². The summed E-state index contributed by atoms with van der Waals surface area (Å²) in [6, 6.07) is 2.31. The molecule has 0 aromatic carbocycles. The van der Waals surface area contributed by atoms with E-state index in [1.807, 2.05) is 6.07 Å². The summed E-state index contributed by atoms with van der Waals surface area (Å²) in [6.45, 7) is 5.74. The molecule has 2 amide bonds. The second-order valence-corrected chi connectivity index (χ2v) is 7.83. The summed E-state index contributed by atoms with van der Waals surface area (Å²) in [7, 11) is 0. The predicted octanol–water partition coefficient (Wildman–Crippen LogP) is 1.48. The van der Waals surface area contributed by atoms with Crippen LogP contribution < -0.4 is 15.5 Å². The Morgan fingerprint density at radius 3 is 2.35 bits per heavy atom. The van der Waals surface area contributed by atoms with Crippen LogP contribution in [0.2, 0.25) is 0 Å². The van der Waals surface area contributed by atoms with Gasteiger partial charge in [-0.25, -0.2) is 14.8 Å². The Bertz CT molecular complexity index is 569. The van der Waals surface area contributed by atoms with Gasteiger partial charge < -0.3 is 15.5 Å². The predicted molar refractivity (Wildman–Crippen MR) is 101 cm³/mol. The van der Waals surface area contributed by atoms with Crippen molar-refractivity contribution in [1.29, 1.82) is 0 Å². The topological polar surface area (TPSA) is 73.4 Å². The minimum absolute atomic E-state index is 0.0276. The van der Waals surface area contributed by atoms with E-state index in [2.05, 4.69) is 30.4 Å². The molecule has 26 heavy (non-hydrogen) atoms. The van der Waals surface area contributed by atoms with E-state index in [1.54, 1.807) is 12.4 Å². The first-order chi connectivity index (χ1) is 12.8. The van der Waals surface area contributed by atoms with Crippen molar-refractivity contribution in [1.82, 2.24) is 25.5 Å². The molecule has 2 aliphatic carbocycles. The molecule has 7 nitrogen and oxygen atoms in total. The Morgan fingerprint density at radius 1 is 1.08 bits per heavy atom. The lowest BCUT2D eigenvalue weighted by Gasteiger charge is -2.34. The van der Waals surface area contributed by atoms with Gasteiger partial charge in [0.05, 0.1) is 0 Å². The zero-order valence-electron chi connectivity index (χ0n) is 15.4. The van der Waals surface area contributed by atoms with Gasteiger partial charge in [-0.3, -0.25) is 4.90 Å². The molecule has 0 bridgehead atoms. The molecule has 1 aromatic heterocycles. The Labute approximate surface area is 155 Å². The van der Waals surface area contributed by atoms with Crippen molar-refractivity contribution in [2.24, 2.45) is 11.8 Å². The molecular weight excluding hydrogens is 328 g/mol. The van der Waals surface area contributed by atoms with Crippen LogP contribution in [-0.2, 0) is 0 Å². The number of anilines is 1. The smallest absolute Gasteiger partial charge is 0.315 e. The first kappa shape index (κ1) is 17.5. The number of aromatic nitrogens is 2. The second-order valence-electron chi connectivity index (χ2n) is 7.83. The molecule has 1 aliphatic heterocycles. The lowest BCUT2D eigenvalue weighted by atomic mass is 10.1. The highest BCUT2D eigenvalue weighted by molar-refractivity contribution is 5.74. The first-order valence-corrected chi connectivity index (χ1v) is 10.1. The van der Waals surface area contributed by atoms with Crippen molar-refractivity contribution in [2.75, 3.05) is 44.2 Å². The van der Waals surface area contributed by atoms with Crippen LogP contribution in [0.15, 0.2) is 18.5 Å². The number of urea groups is 1. The van der Waals surface area contributed by atoms with Gasteiger partial charge in [-0.1, -0.05) is 0 Å². The second kappa shape index (κ2) is 8.20. The van der Waals surface area contributed by atoms with E-state index in [0.717, 1.165) is 63.5 Å². The maximum Gasteiger partial charge on any atom is 0.315 e. The van der Waals surface area contributed by atoms with Gasteiger partial charge in [-0.15, -0.1) is 0 Å². The molecule has 142 valence electrons. The van der Waals surface area contributed by atoms with Gasteiger partial charge in [0.15, 0.2) is 0 Å². The number of nitrogens with one attached hydrogen (secondary N) is 2. The van der Waals surface area contributed by atoms with Crippen LogP contribution in [0.4, 0.5) is 10.7 Å². The van der Waals surface area contributed by atoms with E-state index in [-0.39, 0.29) is 6.03 Å². The number of hydrogen-bond donors (Lipinski definition) is 2. The van der Waals surface area contributed by atoms with Gasteiger partial charge in [0.1, 0.15) is 0 Å². The van der Waals surface area contributed by atoms with E-state index < -0.39 is 0 Å². The monoisotopic (exact) mass is 358 g/mol. The summed E-state index contributed by atoms with van der Waals surface area (Å²) < 4.78 is 0. The minimum Gasteiger partial charge on any atom is -0.338 e. The SMILES string of the molecule is O=C(NCCCN1CCN(c2ncccn2)CC1)NC(C1CC1)C1CC1. The Hall–Kier alpha value is -1.89. The van der Waals surface area contributed by atoms with Crippen LogP contribution in [0.3, 0.4) is 0 Å². The molecule has 0 atom stereocenters. The average Bonchev–Trinajstić information content (AvgIpc) is 3.58. The van der Waals surface area contributed by atoms with Crippen molar-refractivity contribution in [3.05, 3.63) is 18.5 Å². The molecule has 2 heterocycles. The third kappa shape index (κ3) is 4.84. The highest BCUT2D eigenvalue weighted by Gasteiger charge is 2.42. The lowest BCUT2D eigenvalue weighted by molar-refractivity contribution is 0.229. The summed E-state index contributed by atoms with van der Waals surface area (Å²) in [6.07, 6.45) is 9.75. The Balaban J connectivity index is 1.09. The molecule has 1 saturated heterocycles.